The van der Waals surface area contributed by atoms with Crippen LogP contribution in [0.3, 0.4) is 0 Å². The van der Waals surface area contributed by atoms with Crippen molar-refractivity contribution in [2.75, 3.05) is 35.2 Å². The van der Waals surface area contributed by atoms with Crippen LogP contribution in [0.5, 0.6) is 0 Å². The Kier molecular flexibility index (Phi) is 3.44. The summed E-state index contributed by atoms with van der Waals surface area (Å²) in [5.74, 6) is 1.03. The lowest BCUT2D eigenvalue weighted by Gasteiger charge is -2.21. The fourth-order valence-corrected chi connectivity index (χ4v) is 3.32. The maximum atomic E-state index is 11.5. The lowest BCUT2D eigenvalue weighted by molar-refractivity contribution is 0.597. The quantitative estimate of drug-likeness (QED) is 0.772. The molecule has 7 heteroatoms. The molecule has 1 aliphatic rings. The van der Waals surface area contributed by atoms with Crippen LogP contribution in [0.4, 0.5) is 11.5 Å². The number of sulfone groups is 1. The van der Waals surface area contributed by atoms with E-state index in [1.54, 1.807) is 12.1 Å². The maximum Gasteiger partial charge on any atom is 0.152 e. The SMILES string of the molecule is Nc1cc(Cl)nc(N2CCCS(=O)(=O)CC2)c1. The van der Waals surface area contributed by atoms with E-state index in [1.807, 2.05) is 4.90 Å². The topological polar surface area (TPSA) is 76.3 Å². The summed E-state index contributed by atoms with van der Waals surface area (Å²) in [5, 5.41) is 0.326. The number of anilines is 2. The molecule has 94 valence electrons. The van der Waals surface area contributed by atoms with Crippen LogP contribution in [0.1, 0.15) is 6.42 Å². The normalized spacial score (nSPS) is 19.9. The number of pyridine rings is 1. The summed E-state index contributed by atoms with van der Waals surface area (Å²) in [6.45, 7) is 1.10. The van der Waals surface area contributed by atoms with E-state index >= 15 is 0 Å². The van der Waals surface area contributed by atoms with Crippen molar-refractivity contribution >= 4 is 32.9 Å². The van der Waals surface area contributed by atoms with Gasteiger partial charge in [0.25, 0.3) is 0 Å². The largest absolute Gasteiger partial charge is 0.399 e. The lowest BCUT2D eigenvalue weighted by Crippen LogP contribution is -2.27. The van der Waals surface area contributed by atoms with E-state index in [-0.39, 0.29) is 11.5 Å². The molecule has 0 radical (unpaired) electrons. The Labute approximate surface area is 105 Å². The molecule has 0 atom stereocenters. The molecule has 0 unspecified atom stereocenters. The Morgan fingerprint density at radius 3 is 2.76 bits per heavy atom. The van der Waals surface area contributed by atoms with Crippen molar-refractivity contribution in [3.63, 3.8) is 0 Å². The van der Waals surface area contributed by atoms with Crippen LogP contribution >= 0.6 is 11.6 Å². The molecular formula is C10H14ClN3O2S. The maximum absolute atomic E-state index is 11.5. The molecule has 1 saturated heterocycles. The van der Waals surface area contributed by atoms with Gasteiger partial charge in [0, 0.05) is 24.8 Å². The minimum atomic E-state index is -2.91. The molecule has 1 aromatic rings. The van der Waals surface area contributed by atoms with E-state index in [0.29, 0.717) is 36.2 Å². The molecule has 1 aromatic heterocycles. The molecule has 0 amide bonds. The third-order valence-electron chi connectivity index (χ3n) is 2.68. The first kappa shape index (κ1) is 12.4. The molecule has 2 heterocycles. The van der Waals surface area contributed by atoms with Gasteiger partial charge >= 0.3 is 0 Å². The first-order chi connectivity index (χ1) is 7.96. The first-order valence-electron chi connectivity index (χ1n) is 5.35. The molecule has 0 bridgehead atoms. The van der Waals surface area contributed by atoms with Crippen LogP contribution in [-0.4, -0.2) is 38.0 Å². The summed E-state index contributed by atoms with van der Waals surface area (Å²) in [7, 11) is -2.91. The van der Waals surface area contributed by atoms with Gasteiger partial charge in [-0.1, -0.05) is 11.6 Å². The van der Waals surface area contributed by atoms with Crippen molar-refractivity contribution < 1.29 is 8.42 Å². The second-order valence-corrected chi connectivity index (χ2v) is 6.76. The minimum absolute atomic E-state index is 0.154. The lowest BCUT2D eigenvalue weighted by atomic mass is 10.3. The number of hydrogen-bond acceptors (Lipinski definition) is 5. The van der Waals surface area contributed by atoms with Crippen molar-refractivity contribution in [3.8, 4) is 0 Å². The second kappa shape index (κ2) is 4.70. The van der Waals surface area contributed by atoms with Crippen LogP contribution < -0.4 is 10.6 Å². The van der Waals surface area contributed by atoms with Gasteiger partial charge in [0.05, 0.1) is 11.5 Å². The molecule has 0 aliphatic carbocycles. The summed E-state index contributed by atoms with van der Waals surface area (Å²) in [5.41, 5.74) is 6.22. The molecule has 5 nitrogen and oxygen atoms in total. The third-order valence-corrected chi connectivity index (χ3v) is 4.59. The number of nitrogens with two attached hydrogens (primary N) is 1. The highest BCUT2D eigenvalue weighted by Crippen LogP contribution is 2.21. The van der Waals surface area contributed by atoms with Gasteiger partial charge in [-0.05, 0) is 12.5 Å². The van der Waals surface area contributed by atoms with E-state index in [9.17, 15) is 8.42 Å². The number of halogens is 1. The molecule has 2 rings (SSSR count). The molecule has 0 spiro atoms. The molecular weight excluding hydrogens is 262 g/mol. The second-order valence-electron chi connectivity index (χ2n) is 4.07. The van der Waals surface area contributed by atoms with Gasteiger partial charge in [-0.3, -0.25) is 0 Å². The van der Waals surface area contributed by atoms with Gasteiger partial charge in [-0.2, -0.15) is 0 Å². The number of aromatic nitrogens is 1. The van der Waals surface area contributed by atoms with Crippen molar-refractivity contribution in [1.82, 2.24) is 4.98 Å². The number of hydrogen-bond donors (Lipinski definition) is 1. The van der Waals surface area contributed by atoms with Gasteiger partial charge in [0.15, 0.2) is 9.84 Å². The average molecular weight is 276 g/mol. The smallest absolute Gasteiger partial charge is 0.152 e. The van der Waals surface area contributed by atoms with Crippen LogP contribution in [-0.2, 0) is 9.84 Å². The molecule has 0 aromatic carbocycles. The first-order valence-corrected chi connectivity index (χ1v) is 7.55. The standard InChI is InChI=1S/C10H14ClN3O2S/c11-9-6-8(12)7-10(13-9)14-2-1-4-17(15,16)5-3-14/h6-7H,1-5H2,(H2,12,13). The highest BCUT2D eigenvalue weighted by Gasteiger charge is 2.20. The van der Waals surface area contributed by atoms with Crippen molar-refractivity contribution in [2.45, 2.75) is 6.42 Å². The fraction of sp³-hybridized carbons (Fsp3) is 0.500. The van der Waals surface area contributed by atoms with E-state index in [0.717, 1.165) is 0 Å². The Bertz CT molecular complexity index is 498. The number of nitrogens with zero attached hydrogens (tertiary/aromatic N) is 2. The monoisotopic (exact) mass is 275 g/mol. The zero-order chi connectivity index (χ0) is 12.5. The van der Waals surface area contributed by atoms with Crippen molar-refractivity contribution in [2.24, 2.45) is 0 Å². The predicted octanol–water partition coefficient (Wildman–Crippen LogP) is 0.942. The van der Waals surface area contributed by atoms with E-state index < -0.39 is 9.84 Å². The van der Waals surface area contributed by atoms with E-state index in [1.165, 1.54) is 0 Å². The molecule has 1 aliphatic heterocycles. The van der Waals surface area contributed by atoms with Crippen molar-refractivity contribution in [3.05, 3.63) is 17.3 Å². The molecule has 0 saturated carbocycles. The van der Waals surface area contributed by atoms with Crippen LogP contribution in [0.25, 0.3) is 0 Å². The van der Waals surface area contributed by atoms with E-state index in [4.69, 9.17) is 17.3 Å². The van der Waals surface area contributed by atoms with Gasteiger partial charge < -0.3 is 10.6 Å². The third kappa shape index (κ3) is 3.23. The van der Waals surface area contributed by atoms with Gasteiger partial charge in [-0.25, -0.2) is 13.4 Å². The van der Waals surface area contributed by atoms with Crippen LogP contribution in [0, 0.1) is 0 Å². The molecule has 17 heavy (non-hydrogen) atoms. The van der Waals surface area contributed by atoms with Crippen LogP contribution in [0.2, 0.25) is 5.15 Å². The Hall–Kier alpha value is -1.01. The van der Waals surface area contributed by atoms with Crippen LogP contribution in [0.15, 0.2) is 12.1 Å². The highest BCUT2D eigenvalue weighted by atomic mass is 35.5. The summed E-state index contributed by atoms with van der Waals surface area (Å²) in [4.78, 5) is 6.07. The zero-order valence-corrected chi connectivity index (χ0v) is 10.8. The van der Waals surface area contributed by atoms with Crippen molar-refractivity contribution in [1.29, 1.82) is 0 Å². The predicted molar refractivity (Wildman–Crippen MR) is 69.1 cm³/mol. The van der Waals surface area contributed by atoms with Gasteiger partial charge in [0.1, 0.15) is 11.0 Å². The van der Waals surface area contributed by atoms with Gasteiger partial charge in [0.2, 0.25) is 0 Å². The minimum Gasteiger partial charge on any atom is -0.399 e. The Balaban J connectivity index is 2.22. The summed E-state index contributed by atoms with van der Waals surface area (Å²) in [6, 6.07) is 3.28. The highest BCUT2D eigenvalue weighted by molar-refractivity contribution is 7.91. The number of rotatable bonds is 1. The summed E-state index contributed by atoms with van der Waals surface area (Å²) < 4.78 is 23.0. The van der Waals surface area contributed by atoms with Gasteiger partial charge in [-0.15, -0.1) is 0 Å². The number of nitrogen functional groups attached to an aromatic ring is 1. The van der Waals surface area contributed by atoms with E-state index in [2.05, 4.69) is 4.98 Å². The average Bonchev–Trinajstić information content (AvgIpc) is 2.38. The zero-order valence-electron chi connectivity index (χ0n) is 9.26. The Morgan fingerprint density at radius 2 is 2.06 bits per heavy atom. The molecule has 2 N–H and O–H groups in total. The Morgan fingerprint density at radius 1 is 1.29 bits per heavy atom. The summed E-state index contributed by atoms with van der Waals surface area (Å²) in [6.07, 6.45) is 0.608. The summed E-state index contributed by atoms with van der Waals surface area (Å²) >= 11 is 5.83. The molecule has 1 fully saturated rings. The fourth-order valence-electron chi connectivity index (χ4n) is 1.83.